The molecule has 0 aromatic rings. The number of hydrogen-bond donors (Lipinski definition) is 2. The number of esters is 1. The minimum Gasteiger partial charge on any atom is -0.467 e. The molecule has 0 saturated carbocycles. The second-order valence-corrected chi connectivity index (χ2v) is 4.42. The van der Waals surface area contributed by atoms with Gasteiger partial charge >= 0.3 is 5.97 Å². The third-order valence-electron chi connectivity index (χ3n) is 3.06. The van der Waals surface area contributed by atoms with Gasteiger partial charge in [0.2, 0.25) is 6.41 Å². The van der Waals surface area contributed by atoms with Crippen LogP contribution in [0.15, 0.2) is 12.7 Å². The number of rotatable bonds is 10. The minimum absolute atomic E-state index is 0.197. The van der Waals surface area contributed by atoms with E-state index in [0.29, 0.717) is 13.0 Å². The first-order valence-electron chi connectivity index (χ1n) is 6.15. The number of aliphatic hydroxyl groups is 1. The van der Waals surface area contributed by atoms with E-state index in [2.05, 4.69) is 16.6 Å². The molecule has 0 saturated heterocycles. The van der Waals surface area contributed by atoms with Gasteiger partial charge < -0.3 is 19.9 Å². The Labute approximate surface area is 113 Å². The molecule has 0 aliphatic rings. The van der Waals surface area contributed by atoms with Crippen molar-refractivity contribution in [2.45, 2.75) is 37.8 Å². The van der Waals surface area contributed by atoms with E-state index in [4.69, 9.17) is 4.74 Å². The fourth-order valence-electron chi connectivity index (χ4n) is 1.58. The summed E-state index contributed by atoms with van der Waals surface area (Å²) in [5, 5.41) is 12.6. The summed E-state index contributed by atoms with van der Waals surface area (Å²) in [6, 6.07) is 0. The van der Waals surface area contributed by atoms with Crippen LogP contribution in [0.3, 0.4) is 0 Å². The molecule has 6 heteroatoms. The van der Waals surface area contributed by atoms with Crippen LogP contribution in [0.4, 0.5) is 0 Å². The van der Waals surface area contributed by atoms with Gasteiger partial charge in [-0.2, -0.15) is 0 Å². The largest absolute Gasteiger partial charge is 0.467 e. The lowest BCUT2D eigenvalue weighted by Gasteiger charge is -2.40. The number of unbranched alkanes of at least 4 members (excludes halogenated alkanes) is 1. The molecule has 0 aromatic heterocycles. The quantitative estimate of drug-likeness (QED) is 0.260. The normalized spacial score (nSPS) is 16.8. The zero-order valence-electron chi connectivity index (χ0n) is 11.8. The number of carbonyl (C=O) groups excluding carboxylic acids is 2. The summed E-state index contributed by atoms with van der Waals surface area (Å²) >= 11 is 0. The summed E-state index contributed by atoms with van der Waals surface area (Å²) in [7, 11) is 1.18. The fraction of sp³-hybridized carbons (Fsp3) is 0.692. The minimum atomic E-state index is -1.71. The first-order chi connectivity index (χ1) is 8.91. The Balaban J connectivity index is 5.20. The maximum absolute atomic E-state index is 12.0. The van der Waals surface area contributed by atoms with Gasteiger partial charge in [0, 0.05) is 6.61 Å². The molecule has 0 spiro atoms. The van der Waals surface area contributed by atoms with Gasteiger partial charge in [-0.25, -0.2) is 4.79 Å². The molecule has 0 radical (unpaired) electrons. The molecule has 19 heavy (non-hydrogen) atoms. The van der Waals surface area contributed by atoms with E-state index in [9.17, 15) is 14.7 Å². The van der Waals surface area contributed by atoms with E-state index in [-0.39, 0.29) is 6.61 Å². The number of hydrogen-bond acceptors (Lipinski definition) is 5. The molecule has 0 bridgehead atoms. The van der Waals surface area contributed by atoms with E-state index >= 15 is 0 Å². The predicted octanol–water partition coefficient (Wildman–Crippen LogP) is 0.398. The Hall–Kier alpha value is -1.40. The van der Waals surface area contributed by atoms with Crippen molar-refractivity contribution < 1.29 is 24.2 Å². The molecule has 0 unspecified atom stereocenters. The van der Waals surface area contributed by atoms with Gasteiger partial charge in [0.05, 0.1) is 13.7 Å². The van der Waals surface area contributed by atoms with Crippen LogP contribution in [0, 0.1) is 0 Å². The van der Waals surface area contributed by atoms with Gasteiger partial charge in [-0.3, -0.25) is 4.79 Å². The van der Waals surface area contributed by atoms with Crippen LogP contribution >= 0.6 is 0 Å². The van der Waals surface area contributed by atoms with Crippen molar-refractivity contribution in [3.05, 3.63) is 12.7 Å². The van der Waals surface area contributed by atoms with E-state index in [1.807, 2.05) is 6.92 Å². The second kappa shape index (κ2) is 7.91. The number of nitrogens with one attached hydrogen (secondary N) is 1. The molecule has 1 amide bonds. The topological polar surface area (TPSA) is 84.9 Å². The number of ether oxygens (including phenoxy) is 2. The molecule has 0 aromatic carbocycles. The molecule has 0 rings (SSSR count). The number of amides is 1. The predicted molar refractivity (Wildman–Crippen MR) is 70.5 cm³/mol. The van der Waals surface area contributed by atoms with Crippen LogP contribution in [0.2, 0.25) is 0 Å². The SMILES string of the molecule is C=C[C@](C)(O)[C@@](COCCCC)(NC=O)C(=O)OC. The Morgan fingerprint density at radius 3 is 2.58 bits per heavy atom. The number of methoxy groups -OCH3 is 1. The molecular weight excluding hydrogens is 250 g/mol. The van der Waals surface area contributed by atoms with Crippen molar-refractivity contribution in [2.24, 2.45) is 0 Å². The van der Waals surface area contributed by atoms with Gasteiger partial charge in [0.1, 0.15) is 5.60 Å². The molecule has 110 valence electrons. The van der Waals surface area contributed by atoms with Gasteiger partial charge in [0.25, 0.3) is 0 Å². The summed E-state index contributed by atoms with van der Waals surface area (Å²) in [6.45, 7) is 7.05. The highest BCUT2D eigenvalue weighted by Gasteiger charge is 2.53. The lowest BCUT2D eigenvalue weighted by molar-refractivity contribution is -0.164. The summed E-state index contributed by atoms with van der Waals surface area (Å²) in [4.78, 5) is 22.7. The van der Waals surface area contributed by atoms with Crippen molar-refractivity contribution in [1.29, 1.82) is 0 Å². The van der Waals surface area contributed by atoms with Crippen LogP contribution in [-0.4, -0.2) is 48.9 Å². The molecule has 0 aliphatic heterocycles. The standard InChI is InChI=1S/C13H23NO5/c1-5-7-8-19-9-13(14-10-15,11(16)18-4)12(3,17)6-2/h6,10,17H,2,5,7-9H2,1,3-4H3,(H,14,15)/t12-,13-/m0/s1. The number of carbonyl (C=O) groups is 2. The van der Waals surface area contributed by atoms with Crippen molar-refractivity contribution in [1.82, 2.24) is 5.32 Å². The third kappa shape index (κ3) is 4.04. The molecule has 0 heterocycles. The second-order valence-electron chi connectivity index (χ2n) is 4.42. The smallest absolute Gasteiger partial charge is 0.337 e. The van der Waals surface area contributed by atoms with E-state index < -0.39 is 17.1 Å². The van der Waals surface area contributed by atoms with Crippen molar-refractivity contribution in [3.8, 4) is 0 Å². The molecule has 6 nitrogen and oxygen atoms in total. The maximum atomic E-state index is 12.0. The fourth-order valence-corrected chi connectivity index (χ4v) is 1.58. The Bertz CT molecular complexity index is 316. The Kier molecular flexibility index (Phi) is 7.33. The highest BCUT2D eigenvalue weighted by Crippen LogP contribution is 2.25. The average molecular weight is 273 g/mol. The first kappa shape index (κ1) is 17.6. The molecule has 0 fully saturated rings. The molecular formula is C13H23NO5. The Morgan fingerprint density at radius 2 is 2.16 bits per heavy atom. The lowest BCUT2D eigenvalue weighted by Crippen LogP contribution is -2.68. The summed E-state index contributed by atoms with van der Waals surface area (Å²) in [5.74, 6) is -0.791. The van der Waals surface area contributed by atoms with Gasteiger partial charge in [-0.05, 0) is 13.3 Å². The first-order valence-corrected chi connectivity index (χ1v) is 6.15. The average Bonchev–Trinajstić information content (AvgIpc) is 2.41. The van der Waals surface area contributed by atoms with Crippen LogP contribution < -0.4 is 5.32 Å². The van der Waals surface area contributed by atoms with E-state index in [1.165, 1.54) is 20.1 Å². The van der Waals surface area contributed by atoms with Crippen LogP contribution in [0.1, 0.15) is 26.7 Å². The van der Waals surface area contributed by atoms with Crippen molar-refractivity contribution >= 4 is 12.4 Å². The monoisotopic (exact) mass is 273 g/mol. The maximum Gasteiger partial charge on any atom is 0.337 e. The lowest BCUT2D eigenvalue weighted by atomic mass is 9.81. The summed E-state index contributed by atoms with van der Waals surface area (Å²) in [6.07, 6.45) is 3.25. The van der Waals surface area contributed by atoms with Gasteiger partial charge in [-0.15, -0.1) is 6.58 Å². The molecule has 0 aliphatic carbocycles. The van der Waals surface area contributed by atoms with Crippen molar-refractivity contribution in [3.63, 3.8) is 0 Å². The molecule has 2 atom stereocenters. The summed E-state index contributed by atoms with van der Waals surface area (Å²) in [5.41, 5.74) is -3.41. The van der Waals surface area contributed by atoms with Gasteiger partial charge in [0.15, 0.2) is 5.54 Å². The van der Waals surface area contributed by atoms with E-state index in [1.54, 1.807) is 0 Å². The highest BCUT2D eigenvalue weighted by atomic mass is 16.5. The molecule has 2 N–H and O–H groups in total. The van der Waals surface area contributed by atoms with E-state index in [0.717, 1.165) is 12.8 Å². The van der Waals surface area contributed by atoms with Crippen LogP contribution in [-0.2, 0) is 19.1 Å². The summed E-state index contributed by atoms with van der Waals surface area (Å²) < 4.78 is 10.0. The zero-order chi connectivity index (χ0) is 14.9. The van der Waals surface area contributed by atoms with Gasteiger partial charge in [-0.1, -0.05) is 19.4 Å². The highest BCUT2D eigenvalue weighted by molar-refractivity contribution is 5.85. The Morgan fingerprint density at radius 1 is 1.53 bits per heavy atom. The van der Waals surface area contributed by atoms with Crippen LogP contribution in [0.25, 0.3) is 0 Å². The van der Waals surface area contributed by atoms with Crippen LogP contribution in [0.5, 0.6) is 0 Å². The zero-order valence-corrected chi connectivity index (χ0v) is 11.8. The van der Waals surface area contributed by atoms with Crippen molar-refractivity contribution in [2.75, 3.05) is 20.3 Å². The third-order valence-corrected chi connectivity index (χ3v) is 3.06.